The van der Waals surface area contributed by atoms with Gasteiger partial charge in [0.2, 0.25) is 5.91 Å². The predicted molar refractivity (Wildman–Crippen MR) is 110 cm³/mol. The van der Waals surface area contributed by atoms with Gasteiger partial charge < -0.3 is 4.90 Å². The zero-order valence-electron chi connectivity index (χ0n) is 16.1. The molecule has 0 spiro atoms. The minimum atomic E-state index is 0.190. The molecule has 0 aliphatic rings. The summed E-state index contributed by atoms with van der Waals surface area (Å²) in [6.45, 7) is 2.71. The maximum Gasteiger partial charge on any atom is 0.222 e. The van der Waals surface area contributed by atoms with E-state index in [0.29, 0.717) is 13.0 Å². The monoisotopic (exact) mass is 361 g/mol. The molecule has 0 fully saturated rings. The van der Waals surface area contributed by atoms with Crippen LogP contribution in [0.15, 0.2) is 66.9 Å². The number of rotatable bonds is 8. The molecule has 0 bridgehead atoms. The molecule has 1 heterocycles. The SMILES string of the molecule is CCCCCC(=O)N(C)Cc1cn(-c2ccccc2)nc1-c1ccccc1. The Morgan fingerprint density at radius 1 is 1.00 bits per heavy atom. The highest BCUT2D eigenvalue weighted by atomic mass is 16.2. The molecule has 0 saturated heterocycles. The van der Waals surface area contributed by atoms with Gasteiger partial charge in [-0.2, -0.15) is 5.10 Å². The Labute approximate surface area is 161 Å². The topological polar surface area (TPSA) is 38.1 Å². The van der Waals surface area contributed by atoms with Gasteiger partial charge in [0.05, 0.1) is 11.4 Å². The highest BCUT2D eigenvalue weighted by Gasteiger charge is 2.16. The highest BCUT2D eigenvalue weighted by molar-refractivity contribution is 5.76. The minimum Gasteiger partial charge on any atom is -0.341 e. The second kappa shape index (κ2) is 9.17. The van der Waals surface area contributed by atoms with Crippen LogP contribution in [0.2, 0.25) is 0 Å². The zero-order valence-corrected chi connectivity index (χ0v) is 16.1. The molecule has 140 valence electrons. The number of aromatic nitrogens is 2. The standard InChI is InChI=1S/C23H27N3O/c1-3-4-7-16-22(27)25(2)17-20-18-26(21-14-10-6-11-15-21)24-23(20)19-12-8-5-9-13-19/h5-6,8-15,18H,3-4,7,16-17H2,1-2H3. The first kappa shape index (κ1) is 18.9. The Bertz CT molecular complexity index is 856. The Hall–Kier alpha value is -2.88. The average molecular weight is 361 g/mol. The number of unbranched alkanes of at least 4 members (excludes halogenated alkanes) is 2. The van der Waals surface area contributed by atoms with Crippen LogP contribution in [0, 0.1) is 0 Å². The molecule has 2 aromatic carbocycles. The van der Waals surface area contributed by atoms with E-state index in [1.54, 1.807) is 0 Å². The fraction of sp³-hybridized carbons (Fsp3) is 0.304. The smallest absolute Gasteiger partial charge is 0.222 e. The summed E-state index contributed by atoms with van der Waals surface area (Å²) in [6, 6.07) is 20.2. The molecule has 3 aromatic rings. The van der Waals surface area contributed by atoms with Crippen molar-refractivity contribution in [3.63, 3.8) is 0 Å². The van der Waals surface area contributed by atoms with E-state index in [-0.39, 0.29) is 5.91 Å². The highest BCUT2D eigenvalue weighted by Crippen LogP contribution is 2.25. The second-order valence-corrected chi connectivity index (χ2v) is 6.86. The van der Waals surface area contributed by atoms with E-state index >= 15 is 0 Å². The van der Waals surface area contributed by atoms with Gasteiger partial charge in [-0.05, 0) is 18.6 Å². The van der Waals surface area contributed by atoms with Gasteiger partial charge in [-0.25, -0.2) is 4.68 Å². The van der Waals surface area contributed by atoms with Crippen molar-refractivity contribution in [1.29, 1.82) is 0 Å². The fourth-order valence-corrected chi connectivity index (χ4v) is 3.14. The Morgan fingerprint density at radius 2 is 1.67 bits per heavy atom. The van der Waals surface area contributed by atoms with E-state index in [9.17, 15) is 4.79 Å². The van der Waals surface area contributed by atoms with Crippen molar-refractivity contribution >= 4 is 5.91 Å². The average Bonchev–Trinajstić information content (AvgIpc) is 3.13. The molecule has 0 unspecified atom stereocenters. The summed E-state index contributed by atoms with van der Waals surface area (Å²) >= 11 is 0. The summed E-state index contributed by atoms with van der Waals surface area (Å²) in [7, 11) is 1.88. The van der Waals surface area contributed by atoms with Gasteiger partial charge >= 0.3 is 0 Å². The quantitative estimate of drug-likeness (QED) is 0.525. The van der Waals surface area contributed by atoms with Crippen LogP contribution in [0.4, 0.5) is 0 Å². The molecule has 1 amide bonds. The number of benzene rings is 2. The van der Waals surface area contributed by atoms with Crippen LogP contribution in [-0.4, -0.2) is 27.6 Å². The molecule has 1 aromatic heterocycles. The number of para-hydroxylation sites is 1. The number of amides is 1. The van der Waals surface area contributed by atoms with Crippen LogP contribution in [0.1, 0.15) is 38.2 Å². The summed E-state index contributed by atoms with van der Waals surface area (Å²) in [5.74, 6) is 0.190. The number of carbonyl (C=O) groups is 1. The summed E-state index contributed by atoms with van der Waals surface area (Å²) < 4.78 is 1.90. The summed E-state index contributed by atoms with van der Waals surface area (Å²) in [5, 5.41) is 4.82. The molecule has 0 N–H and O–H groups in total. The largest absolute Gasteiger partial charge is 0.341 e. The van der Waals surface area contributed by atoms with E-state index in [2.05, 4.69) is 19.1 Å². The molecule has 0 radical (unpaired) electrons. The Balaban J connectivity index is 1.86. The van der Waals surface area contributed by atoms with Gasteiger partial charge in [-0.3, -0.25) is 4.79 Å². The van der Waals surface area contributed by atoms with Crippen molar-refractivity contribution in [2.24, 2.45) is 0 Å². The van der Waals surface area contributed by atoms with E-state index in [1.807, 2.05) is 71.4 Å². The van der Waals surface area contributed by atoms with E-state index in [4.69, 9.17) is 5.10 Å². The second-order valence-electron chi connectivity index (χ2n) is 6.86. The lowest BCUT2D eigenvalue weighted by Gasteiger charge is -2.17. The van der Waals surface area contributed by atoms with Crippen molar-refractivity contribution in [1.82, 2.24) is 14.7 Å². The van der Waals surface area contributed by atoms with Crippen LogP contribution in [0.3, 0.4) is 0 Å². The Kier molecular flexibility index (Phi) is 6.42. The first-order chi connectivity index (χ1) is 13.2. The fourth-order valence-electron chi connectivity index (χ4n) is 3.14. The van der Waals surface area contributed by atoms with Crippen LogP contribution in [-0.2, 0) is 11.3 Å². The van der Waals surface area contributed by atoms with Gasteiger partial charge in [0, 0.05) is 37.3 Å². The number of carbonyl (C=O) groups excluding carboxylic acids is 1. The van der Waals surface area contributed by atoms with Gasteiger partial charge in [0.25, 0.3) is 0 Å². The summed E-state index contributed by atoms with van der Waals surface area (Å²) in [6.07, 6.45) is 5.82. The third-order valence-electron chi connectivity index (χ3n) is 4.69. The van der Waals surface area contributed by atoms with Crippen molar-refractivity contribution in [3.05, 3.63) is 72.4 Å². The lowest BCUT2D eigenvalue weighted by atomic mass is 10.1. The van der Waals surface area contributed by atoms with Crippen molar-refractivity contribution in [2.75, 3.05) is 7.05 Å². The Morgan fingerprint density at radius 3 is 2.33 bits per heavy atom. The summed E-state index contributed by atoms with van der Waals surface area (Å²) in [5.41, 5.74) is 4.05. The lowest BCUT2D eigenvalue weighted by Crippen LogP contribution is -2.25. The van der Waals surface area contributed by atoms with Gasteiger partial charge in [0.15, 0.2) is 0 Å². The zero-order chi connectivity index (χ0) is 19.1. The molecule has 0 aliphatic carbocycles. The van der Waals surface area contributed by atoms with Crippen LogP contribution < -0.4 is 0 Å². The molecule has 3 rings (SSSR count). The third kappa shape index (κ3) is 4.85. The number of hydrogen-bond acceptors (Lipinski definition) is 2. The molecule has 27 heavy (non-hydrogen) atoms. The molecule has 0 aliphatic heterocycles. The third-order valence-corrected chi connectivity index (χ3v) is 4.69. The van der Waals surface area contributed by atoms with Crippen molar-refractivity contribution in [3.8, 4) is 16.9 Å². The van der Waals surface area contributed by atoms with Gasteiger partial charge in [-0.15, -0.1) is 0 Å². The normalized spacial score (nSPS) is 10.7. The predicted octanol–water partition coefficient (Wildman–Crippen LogP) is 5.08. The molecule has 4 heteroatoms. The molecule has 4 nitrogen and oxygen atoms in total. The molecular formula is C23H27N3O. The van der Waals surface area contributed by atoms with Gasteiger partial charge in [-0.1, -0.05) is 68.3 Å². The minimum absolute atomic E-state index is 0.190. The molecule has 0 atom stereocenters. The van der Waals surface area contributed by atoms with E-state index in [0.717, 1.165) is 41.8 Å². The first-order valence-corrected chi connectivity index (χ1v) is 9.62. The van der Waals surface area contributed by atoms with Crippen molar-refractivity contribution in [2.45, 2.75) is 39.2 Å². The van der Waals surface area contributed by atoms with E-state index in [1.165, 1.54) is 0 Å². The maximum atomic E-state index is 12.4. The number of hydrogen-bond donors (Lipinski definition) is 0. The van der Waals surface area contributed by atoms with Crippen molar-refractivity contribution < 1.29 is 4.79 Å². The first-order valence-electron chi connectivity index (χ1n) is 9.62. The van der Waals surface area contributed by atoms with Crippen LogP contribution in [0.5, 0.6) is 0 Å². The number of nitrogens with zero attached hydrogens (tertiary/aromatic N) is 3. The molecular weight excluding hydrogens is 334 g/mol. The van der Waals surface area contributed by atoms with Crippen LogP contribution >= 0.6 is 0 Å². The maximum absolute atomic E-state index is 12.4. The van der Waals surface area contributed by atoms with E-state index < -0.39 is 0 Å². The van der Waals surface area contributed by atoms with Crippen LogP contribution in [0.25, 0.3) is 16.9 Å². The lowest BCUT2D eigenvalue weighted by molar-refractivity contribution is -0.130. The summed E-state index contributed by atoms with van der Waals surface area (Å²) in [4.78, 5) is 14.3. The molecule has 0 saturated carbocycles. The van der Waals surface area contributed by atoms with Gasteiger partial charge in [0.1, 0.15) is 0 Å².